The monoisotopic (exact) mass is 1010 g/mol. The number of aromatic hydroxyl groups is 1. The van der Waals surface area contributed by atoms with Gasteiger partial charge in [-0.2, -0.15) is 47.2 Å². The summed E-state index contributed by atoms with van der Waals surface area (Å²) in [7, 11) is -30.7. The van der Waals surface area contributed by atoms with Gasteiger partial charge in [-0.15, -0.1) is 25.6 Å². The minimum absolute atomic E-state index is 0.178. The number of nitrogens with zero attached hydrogens (tertiary/aromatic N) is 6. The van der Waals surface area contributed by atoms with Crippen molar-refractivity contribution in [2.45, 2.75) is 24.5 Å². The Balaban J connectivity index is 1.61. The van der Waals surface area contributed by atoms with E-state index in [9.17, 15) is 78.2 Å². The van der Waals surface area contributed by atoms with Crippen LogP contribution < -0.4 is 5.73 Å². The SMILES string of the molecule is Nc1c(N=Nc2cc(F)c(N=Nc3ccc(S(=O)(=O)CCOS(=O)(=O)O)cc3)cc2S(=O)(=O)O)c(S(=O)(=O)O)cc2cc(S(=O)(=O)O)c(N=Nc3cc(F)ccc3S(=O)(=O)O)c(O)c12. The molecule has 5 aromatic rings. The van der Waals surface area contributed by atoms with Gasteiger partial charge in [-0.05, 0) is 60.0 Å². The van der Waals surface area contributed by atoms with E-state index in [2.05, 4.69) is 34.9 Å². The molecule has 342 valence electrons. The van der Waals surface area contributed by atoms with E-state index in [0.29, 0.717) is 36.4 Å². The third-order valence-corrected chi connectivity index (χ3v) is 13.6. The van der Waals surface area contributed by atoms with E-state index < -0.39 is 155 Å². The summed E-state index contributed by atoms with van der Waals surface area (Å²) in [5, 5.41) is 30.4. The molecule has 0 saturated heterocycles. The fourth-order valence-electron chi connectivity index (χ4n) is 5.19. The number of rotatable bonds is 15. The molecule has 0 amide bonds. The van der Waals surface area contributed by atoms with Gasteiger partial charge in [0.15, 0.2) is 21.4 Å². The van der Waals surface area contributed by atoms with Crippen molar-refractivity contribution in [1.82, 2.24) is 0 Å². The van der Waals surface area contributed by atoms with Crippen LogP contribution in [0.3, 0.4) is 0 Å². The molecule has 5 rings (SSSR count). The first-order valence-corrected chi connectivity index (χ1v) is 24.9. The van der Waals surface area contributed by atoms with Crippen molar-refractivity contribution >= 4 is 111 Å². The van der Waals surface area contributed by atoms with E-state index in [1.807, 2.05) is 0 Å². The topological polar surface area (TPSA) is 436 Å². The highest BCUT2D eigenvalue weighted by atomic mass is 32.3. The number of azo groups is 3. The number of hydrogen-bond donors (Lipinski definition) is 7. The summed E-state index contributed by atoms with van der Waals surface area (Å²) >= 11 is 0. The molecule has 0 aliphatic heterocycles. The average molecular weight is 1020 g/mol. The Morgan fingerprint density at radius 1 is 0.547 bits per heavy atom. The van der Waals surface area contributed by atoms with Gasteiger partial charge in [-0.3, -0.25) is 22.8 Å². The summed E-state index contributed by atoms with van der Waals surface area (Å²) in [6, 6.07) is 6.97. The third kappa shape index (κ3) is 11.4. The van der Waals surface area contributed by atoms with Crippen LogP contribution in [0, 0.1) is 11.6 Å². The van der Waals surface area contributed by atoms with Crippen molar-refractivity contribution in [3.05, 3.63) is 78.4 Å². The van der Waals surface area contributed by atoms with Gasteiger partial charge in [0.1, 0.15) is 53.8 Å². The molecule has 0 heterocycles. The molecule has 0 fully saturated rings. The van der Waals surface area contributed by atoms with E-state index in [4.69, 9.17) is 10.3 Å². The highest BCUT2D eigenvalue weighted by molar-refractivity contribution is 7.91. The van der Waals surface area contributed by atoms with Crippen LogP contribution in [0.1, 0.15) is 0 Å². The number of nitrogens with two attached hydrogens (primary N) is 1. The molecule has 0 unspecified atom stereocenters. The first kappa shape index (κ1) is 49.1. The minimum Gasteiger partial charge on any atom is -0.505 e. The molecule has 0 atom stereocenters. The molecule has 8 N–H and O–H groups in total. The van der Waals surface area contributed by atoms with E-state index >= 15 is 4.39 Å². The second-order valence-electron chi connectivity index (χ2n) is 12.3. The molecular formula is C30H23F2N7O19S6. The number of phenols is 1. The second kappa shape index (κ2) is 17.6. The van der Waals surface area contributed by atoms with E-state index in [1.54, 1.807) is 0 Å². The molecule has 0 saturated carbocycles. The number of halogens is 2. The minimum atomic E-state index is -5.52. The Morgan fingerprint density at radius 3 is 1.58 bits per heavy atom. The predicted octanol–water partition coefficient (Wildman–Crippen LogP) is 5.23. The van der Waals surface area contributed by atoms with Crippen LogP contribution in [0.2, 0.25) is 0 Å². The molecule has 26 nitrogen and oxygen atoms in total. The molecule has 0 radical (unpaired) electrons. The number of benzene rings is 5. The largest absolute Gasteiger partial charge is 0.505 e. The molecular weight excluding hydrogens is 993 g/mol. The Labute approximate surface area is 358 Å². The zero-order chi connectivity index (χ0) is 48.0. The van der Waals surface area contributed by atoms with Gasteiger partial charge in [0, 0.05) is 12.1 Å². The Morgan fingerprint density at radius 2 is 1.05 bits per heavy atom. The maximum Gasteiger partial charge on any atom is 0.397 e. The van der Waals surface area contributed by atoms with E-state index in [-0.39, 0.29) is 16.6 Å². The molecule has 0 aromatic heterocycles. The van der Waals surface area contributed by atoms with Gasteiger partial charge in [0.25, 0.3) is 40.5 Å². The summed E-state index contributed by atoms with van der Waals surface area (Å²) in [4.78, 5) is -5.46. The van der Waals surface area contributed by atoms with Crippen molar-refractivity contribution in [3.8, 4) is 5.75 Å². The fourth-order valence-corrected chi connectivity index (χ4v) is 9.24. The van der Waals surface area contributed by atoms with Gasteiger partial charge in [0.2, 0.25) is 0 Å². The lowest BCUT2D eigenvalue weighted by atomic mass is 10.1. The fraction of sp³-hybridized carbons (Fsp3) is 0.0667. The van der Waals surface area contributed by atoms with Crippen molar-refractivity contribution in [2.24, 2.45) is 30.7 Å². The Kier molecular flexibility index (Phi) is 13.5. The van der Waals surface area contributed by atoms with Crippen LogP contribution in [0.4, 0.5) is 48.6 Å². The Hall–Kier alpha value is -5.92. The number of phenolic OH excluding ortho intramolecular Hbond substituents is 1. The van der Waals surface area contributed by atoms with Gasteiger partial charge in [-0.1, -0.05) is 0 Å². The first-order chi connectivity index (χ1) is 29.3. The van der Waals surface area contributed by atoms with Crippen molar-refractivity contribution in [3.63, 3.8) is 0 Å². The highest BCUT2D eigenvalue weighted by Crippen LogP contribution is 2.49. The molecule has 0 bridgehead atoms. The number of nitrogen functional groups attached to an aromatic ring is 1. The molecule has 34 heteroatoms. The molecule has 0 spiro atoms. The number of hydrogen-bond acceptors (Lipinski definition) is 21. The highest BCUT2D eigenvalue weighted by Gasteiger charge is 2.29. The summed E-state index contributed by atoms with van der Waals surface area (Å²) in [5.41, 5.74) is -0.622. The number of anilines is 1. The van der Waals surface area contributed by atoms with Crippen LogP contribution in [-0.2, 0) is 64.9 Å². The van der Waals surface area contributed by atoms with Crippen LogP contribution >= 0.6 is 0 Å². The maximum absolute atomic E-state index is 15.3. The summed E-state index contributed by atoms with van der Waals surface area (Å²) in [6.07, 6.45) is 0. The van der Waals surface area contributed by atoms with Crippen LogP contribution in [-0.4, -0.2) is 90.7 Å². The predicted molar refractivity (Wildman–Crippen MR) is 211 cm³/mol. The van der Waals surface area contributed by atoms with Crippen LogP contribution in [0.15, 0.2) is 122 Å². The van der Waals surface area contributed by atoms with Gasteiger partial charge in [-0.25, -0.2) is 21.4 Å². The van der Waals surface area contributed by atoms with Gasteiger partial charge in [0.05, 0.1) is 34.0 Å². The normalized spacial score (nSPS) is 13.5. The van der Waals surface area contributed by atoms with Gasteiger partial charge >= 0.3 is 10.4 Å². The summed E-state index contributed by atoms with van der Waals surface area (Å²) < 4.78 is 226. The number of fused-ring (bicyclic) bond motifs is 1. The van der Waals surface area contributed by atoms with Crippen molar-refractivity contribution in [1.29, 1.82) is 0 Å². The zero-order valence-electron chi connectivity index (χ0n) is 30.7. The zero-order valence-corrected chi connectivity index (χ0v) is 35.6. The maximum atomic E-state index is 15.3. The standard InChI is InChI=1S/C30H23F2N7O19S6/c31-15-1-6-22(60(43,44)45)20(11-15)36-39-29-25(63(52,53)54)10-14-9-24(62(49,50)51)28(27(33)26(14)30(29)40)38-37-21-12-18(32)19(13-23(21)61(46,47)48)35-34-16-2-4-17(5-3-16)59(41,42)8-7-58-64(55,56)57/h1-6,9-13,40H,7-8,33H2,(H,43,44,45)(H,46,47,48)(H,49,50,51)(H,52,53,54)(H,55,56,57). The van der Waals surface area contributed by atoms with E-state index in [0.717, 1.165) is 24.3 Å². The van der Waals surface area contributed by atoms with Crippen LogP contribution in [0.5, 0.6) is 5.75 Å². The Bertz CT molecular complexity index is 3560. The van der Waals surface area contributed by atoms with E-state index in [1.165, 1.54) is 0 Å². The molecule has 5 aromatic carbocycles. The quantitative estimate of drug-likeness (QED) is 0.0401. The average Bonchev–Trinajstić information content (AvgIpc) is 3.14. The van der Waals surface area contributed by atoms with Gasteiger partial charge < -0.3 is 10.8 Å². The summed E-state index contributed by atoms with van der Waals surface area (Å²) in [6.45, 7) is -0.934. The molecule has 0 aliphatic rings. The van der Waals surface area contributed by atoms with Crippen molar-refractivity contribution < 1.29 is 91.3 Å². The van der Waals surface area contributed by atoms with Crippen molar-refractivity contribution in [2.75, 3.05) is 18.1 Å². The lowest BCUT2D eigenvalue weighted by Crippen LogP contribution is -2.15. The molecule has 64 heavy (non-hydrogen) atoms. The summed E-state index contributed by atoms with van der Waals surface area (Å²) in [5.74, 6) is -4.90. The number of sulfone groups is 1. The first-order valence-electron chi connectivity index (χ1n) is 16.1. The lowest BCUT2D eigenvalue weighted by molar-refractivity contribution is 0.284. The van der Waals surface area contributed by atoms with Crippen LogP contribution in [0.25, 0.3) is 10.8 Å². The third-order valence-electron chi connectivity index (χ3n) is 7.94. The molecule has 0 aliphatic carbocycles. The second-order valence-corrected chi connectivity index (χ2v) is 21.0. The smallest absolute Gasteiger partial charge is 0.397 e. The lowest BCUT2D eigenvalue weighted by Gasteiger charge is -2.14.